The number of halogens is 4. The molecular formula is C27H38F4O3. The van der Waals surface area contributed by atoms with Gasteiger partial charge in [-0.05, 0) is 80.5 Å². The van der Waals surface area contributed by atoms with Crippen LogP contribution in [-0.2, 0) is 4.79 Å². The third-order valence-electron chi connectivity index (χ3n) is 7.68. The maximum Gasteiger partial charge on any atom is 0.461 e. The van der Waals surface area contributed by atoms with Crippen molar-refractivity contribution in [3.8, 4) is 11.5 Å². The van der Waals surface area contributed by atoms with Crippen LogP contribution in [0.3, 0.4) is 0 Å². The van der Waals surface area contributed by atoms with Crippen LogP contribution >= 0.6 is 0 Å². The zero-order valence-corrected chi connectivity index (χ0v) is 20.1. The van der Waals surface area contributed by atoms with Crippen LogP contribution in [0.15, 0.2) is 24.3 Å². The lowest BCUT2D eigenvalue weighted by molar-refractivity contribution is -0.253. The molecule has 0 bridgehead atoms. The van der Waals surface area contributed by atoms with E-state index in [4.69, 9.17) is 4.74 Å². The first-order valence-electron chi connectivity index (χ1n) is 12.9. The van der Waals surface area contributed by atoms with Gasteiger partial charge in [-0.1, -0.05) is 51.9 Å². The molecule has 0 spiro atoms. The van der Waals surface area contributed by atoms with Crippen molar-refractivity contribution in [2.75, 3.05) is 0 Å². The van der Waals surface area contributed by atoms with E-state index in [1.165, 1.54) is 69.9 Å². The highest BCUT2D eigenvalue weighted by atomic mass is 19.3. The lowest BCUT2D eigenvalue weighted by Gasteiger charge is -2.37. The summed E-state index contributed by atoms with van der Waals surface area (Å²) < 4.78 is 59.9. The topological polar surface area (TPSA) is 35.5 Å². The number of hydrogen-bond acceptors (Lipinski definition) is 3. The summed E-state index contributed by atoms with van der Waals surface area (Å²) in [5, 5.41) is 0. The molecule has 0 atom stereocenters. The molecule has 192 valence electrons. The summed E-state index contributed by atoms with van der Waals surface area (Å²) in [6.45, 7) is 2.25. The van der Waals surface area contributed by atoms with Crippen molar-refractivity contribution in [2.24, 2.45) is 23.7 Å². The van der Waals surface area contributed by atoms with Crippen LogP contribution in [0.1, 0.15) is 90.4 Å². The van der Waals surface area contributed by atoms with E-state index in [0.29, 0.717) is 5.92 Å². The normalized spacial score (nSPS) is 25.8. The van der Waals surface area contributed by atoms with Crippen molar-refractivity contribution in [1.29, 1.82) is 0 Å². The SMILES string of the molecule is CCCCCC[C@H]1CC[C@H]([C@H]2CC[C@H](C(=O)Oc3ccc(OC(F)(F)C(F)F)cc3)CC2)CC1. The van der Waals surface area contributed by atoms with Gasteiger partial charge in [0.2, 0.25) is 0 Å². The molecule has 7 heteroatoms. The number of alkyl halides is 4. The fraction of sp³-hybridized carbons (Fsp3) is 0.741. The molecule has 3 rings (SSSR count). The largest absolute Gasteiger partial charge is 0.461 e. The second-order valence-corrected chi connectivity index (χ2v) is 10.1. The fourth-order valence-electron chi connectivity index (χ4n) is 5.61. The highest BCUT2D eigenvalue weighted by molar-refractivity contribution is 5.75. The number of rotatable bonds is 11. The van der Waals surface area contributed by atoms with Gasteiger partial charge < -0.3 is 9.47 Å². The number of hydrogen-bond donors (Lipinski definition) is 0. The molecule has 0 radical (unpaired) electrons. The number of esters is 1. The van der Waals surface area contributed by atoms with Crippen LogP contribution < -0.4 is 9.47 Å². The standard InChI is InChI=1S/C27H38F4O3/c1-2-3-4-5-6-19-7-9-20(10-8-19)21-11-13-22(14-12-21)25(32)33-23-15-17-24(18-16-23)34-27(30,31)26(28)29/h15-22,26H,2-14H2,1H3/t19-,20-,21-,22-. The first-order valence-corrected chi connectivity index (χ1v) is 12.9. The van der Waals surface area contributed by atoms with E-state index in [9.17, 15) is 22.4 Å². The molecular weight excluding hydrogens is 448 g/mol. The lowest BCUT2D eigenvalue weighted by Crippen LogP contribution is -2.33. The minimum atomic E-state index is -4.56. The van der Waals surface area contributed by atoms with Crippen LogP contribution in [-0.4, -0.2) is 18.5 Å². The molecule has 0 aliphatic heterocycles. The van der Waals surface area contributed by atoms with Crippen molar-refractivity contribution < 1.29 is 31.8 Å². The fourth-order valence-corrected chi connectivity index (χ4v) is 5.61. The third kappa shape index (κ3) is 7.88. The monoisotopic (exact) mass is 486 g/mol. The zero-order valence-electron chi connectivity index (χ0n) is 20.1. The highest BCUT2D eigenvalue weighted by Gasteiger charge is 2.44. The summed E-state index contributed by atoms with van der Waals surface area (Å²) >= 11 is 0. The summed E-state index contributed by atoms with van der Waals surface area (Å²) in [6, 6.07) is 4.74. The summed E-state index contributed by atoms with van der Waals surface area (Å²) in [4.78, 5) is 12.6. The minimum Gasteiger partial charge on any atom is -0.428 e. The second-order valence-electron chi connectivity index (χ2n) is 10.1. The first-order chi connectivity index (χ1) is 16.3. The molecule has 1 aromatic carbocycles. The van der Waals surface area contributed by atoms with Crippen LogP contribution in [0.2, 0.25) is 0 Å². The van der Waals surface area contributed by atoms with E-state index in [-0.39, 0.29) is 17.6 Å². The lowest BCUT2D eigenvalue weighted by atomic mass is 9.68. The van der Waals surface area contributed by atoms with E-state index in [1.54, 1.807) is 0 Å². The molecule has 2 saturated carbocycles. The van der Waals surface area contributed by atoms with Crippen molar-refractivity contribution in [3.63, 3.8) is 0 Å². The molecule has 3 nitrogen and oxygen atoms in total. The Bertz CT molecular complexity index is 737. The van der Waals surface area contributed by atoms with Gasteiger partial charge in [-0.3, -0.25) is 4.79 Å². The molecule has 2 fully saturated rings. The highest BCUT2D eigenvalue weighted by Crippen LogP contribution is 2.42. The molecule has 0 N–H and O–H groups in total. The maximum atomic E-state index is 13.0. The number of carbonyl (C=O) groups is 1. The second kappa shape index (κ2) is 12.8. The first kappa shape index (κ1) is 26.8. The smallest absolute Gasteiger partial charge is 0.428 e. The Kier molecular flexibility index (Phi) is 10.1. The van der Waals surface area contributed by atoms with Crippen molar-refractivity contribution >= 4 is 5.97 Å². The van der Waals surface area contributed by atoms with E-state index in [1.807, 2.05) is 0 Å². The predicted octanol–water partition coefficient (Wildman–Crippen LogP) is 8.41. The van der Waals surface area contributed by atoms with Crippen LogP contribution in [0.5, 0.6) is 11.5 Å². The van der Waals surface area contributed by atoms with Gasteiger partial charge in [0.1, 0.15) is 11.5 Å². The molecule has 2 aliphatic carbocycles. The summed E-state index contributed by atoms with van der Waals surface area (Å²) in [7, 11) is 0. The van der Waals surface area contributed by atoms with Gasteiger partial charge in [0.25, 0.3) is 0 Å². The van der Waals surface area contributed by atoms with Crippen molar-refractivity contribution in [1.82, 2.24) is 0 Å². The minimum absolute atomic E-state index is 0.162. The Morgan fingerprint density at radius 2 is 1.44 bits per heavy atom. The average Bonchev–Trinajstić information content (AvgIpc) is 2.83. The van der Waals surface area contributed by atoms with Crippen LogP contribution in [0.25, 0.3) is 0 Å². The number of unbranched alkanes of at least 4 members (excludes halogenated alkanes) is 3. The Hall–Kier alpha value is -1.79. The predicted molar refractivity (Wildman–Crippen MR) is 123 cm³/mol. The van der Waals surface area contributed by atoms with Gasteiger partial charge in [-0.2, -0.15) is 17.6 Å². The molecule has 0 amide bonds. The molecule has 0 unspecified atom stereocenters. The Morgan fingerprint density at radius 1 is 0.882 bits per heavy atom. The quantitative estimate of drug-likeness (QED) is 0.136. The zero-order chi connectivity index (χ0) is 24.6. The number of carbonyl (C=O) groups excluding carboxylic acids is 1. The molecule has 0 saturated heterocycles. The van der Waals surface area contributed by atoms with Crippen molar-refractivity contribution in [2.45, 2.75) is 103 Å². The molecule has 2 aliphatic rings. The van der Waals surface area contributed by atoms with Crippen LogP contribution in [0.4, 0.5) is 17.6 Å². The third-order valence-corrected chi connectivity index (χ3v) is 7.68. The molecule has 0 heterocycles. The molecule has 34 heavy (non-hydrogen) atoms. The van der Waals surface area contributed by atoms with E-state index in [2.05, 4.69) is 11.7 Å². The van der Waals surface area contributed by atoms with Gasteiger partial charge in [-0.15, -0.1) is 0 Å². The van der Waals surface area contributed by atoms with Gasteiger partial charge in [0.15, 0.2) is 0 Å². The van der Waals surface area contributed by atoms with E-state index in [0.717, 1.165) is 49.7 Å². The Morgan fingerprint density at radius 3 is 2.00 bits per heavy atom. The van der Waals surface area contributed by atoms with Gasteiger partial charge in [0, 0.05) is 0 Å². The molecule has 0 aromatic heterocycles. The van der Waals surface area contributed by atoms with E-state index >= 15 is 0 Å². The van der Waals surface area contributed by atoms with Crippen molar-refractivity contribution in [3.05, 3.63) is 24.3 Å². The average molecular weight is 487 g/mol. The summed E-state index contributed by atoms with van der Waals surface area (Å²) in [5.74, 6) is 1.67. The Labute approximate surface area is 200 Å². The van der Waals surface area contributed by atoms with E-state index < -0.39 is 18.3 Å². The van der Waals surface area contributed by atoms with Gasteiger partial charge in [0.05, 0.1) is 5.92 Å². The molecule has 1 aromatic rings. The summed E-state index contributed by atoms with van der Waals surface area (Å²) in [6.07, 6.45) is 7.29. The van der Waals surface area contributed by atoms with Gasteiger partial charge >= 0.3 is 18.5 Å². The van der Waals surface area contributed by atoms with Crippen LogP contribution in [0, 0.1) is 23.7 Å². The number of ether oxygens (including phenoxy) is 2. The summed E-state index contributed by atoms with van der Waals surface area (Å²) in [5.41, 5.74) is 0. The van der Waals surface area contributed by atoms with Gasteiger partial charge in [-0.25, -0.2) is 0 Å². The Balaban J connectivity index is 1.37. The maximum absolute atomic E-state index is 13.0. The number of benzene rings is 1.